The van der Waals surface area contributed by atoms with E-state index in [1.165, 1.54) is 5.69 Å². The summed E-state index contributed by atoms with van der Waals surface area (Å²) in [7, 11) is 0. The fourth-order valence-corrected chi connectivity index (χ4v) is 3.13. The summed E-state index contributed by atoms with van der Waals surface area (Å²) in [6.45, 7) is 6.35. The minimum Gasteiger partial charge on any atom is -0.372 e. The summed E-state index contributed by atoms with van der Waals surface area (Å²) in [5.74, 6) is 0.142. The smallest absolute Gasteiger partial charge is 0.167 e. The molecule has 0 aromatic heterocycles. The first-order chi connectivity index (χ1) is 13.2. The molecule has 0 aliphatic rings. The fraction of sp³-hybridized carbons (Fsp3) is 0.208. The van der Waals surface area contributed by atoms with E-state index >= 15 is 0 Å². The van der Waals surface area contributed by atoms with Crippen LogP contribution in [0, 0.1) is 0 Å². The van der Waals surface area contributed by atoms with Crippen LogP contribution >= 0.6 is 12.4 Å². The molecule has 4 heteroatoms. The van der Waals surface area contributed by atoms with E-state index in [0.29, 0.717) is 6.42 Å². The van der Waals surface area contributed by atoms with E-state index in [4.69, 9.17) is 0 Å². The molecule has 0 fully saturated rings. The first-order valence-electron chi connectivity index (χ1n) is 9.48. The number of anilines is 3. The Morgan fingerprint density at radius 2 is 1.32 bits per heavy atom. The number of carbonyl (C=O) groups excluding carboxylic acids is 1. The second-order valence-electron chi connectivity index (χ2n) is 6.51. The van der Waals surface area contributed by atoms with E-state index in [2.05, 4.69) is 48.3 Å². The van der Waals surface area contributed by atoms with E-state index in [9.17, 15) is 4.79 Å². The maximum Gasteiger partial charge on any atom is 0.167 e. The van der Waals surface area contributed by atoms with Gasteiger partial charge in [-0.05, 0) is 55.8 Å². The van der Waals surface area contributed by atoms with Gasteiger partial charge in [0.05, 0.1) is 0 Å². The van der Waals surface area contributed by atoms with Gasteiger partial charge in [-0.3, -0.25) is 4.79 Å². The predicted molar refractivity (Wildman–Crippen MR) is 121 cm³/mol. The number of nitrogens with zero attached hydrogens (tertiary/aromatic N) is 1. The summed E-state index contributed by atoms with van der Waals surface area (Å²) in [6, 6.07) is 26.0. The molecule has 0 spiro atoms. The lowest BCUT2D eigenvalue weighted by Gasteiger charge is -2.21. The molecule has 0 unspecified atom stereocenters. The summed E-state index contributed by atoms with van der Waals surface area (Å²) in [6.07, 6.45) is 0.420. The molecule has 3 aromatic rings. The first kappa shape index (κ1) is 21.5. The van der Waals surface area contributed by atoms with Gasteiger partial charge in [-0.2, -0.15) is 0 Å². The Labute approximate surface area is 173 Å². The molecule has 146 valence electrons. The van der Waals surface area contributed by atoms with Gasteiger partial charge in [-0.15, -0.1) is 12.4 Å². The third-order valence-corrected chi connectivity index (χ3v) is 4.70. The molecule has 3 aromatic carbocycles. The standard InChI is InChI=1S/C24H26N2O.ClH/c1-3-26(4-2)23-16-14-22(15-17-23)25-21-12-10-19(11-13-21)18-24(27)20-8-6-5-7-9-20;/h5-17,25H,3-4,18H2,1-2H3;1H. The van der Waals surface area contributed by atoms with Gasteiger partial charge in [-0.25, -0.2) is 0 Å². The number of rotatable bonds is 8. The van der Waals surface area contributed by atoms with Crippen LogP contribution in [-0.4, -0.2) is 18.9 Å². The molecule has 0 saturated heterocycles. The van der Waals surface area contributed by atoms with Crippen molar-refractivity contribution in [3.05, 3.63) is 90.0 Å². The highest BCUT2D eigenvalue weighted by Gasteiger charge is 2.06. The second-order valence-corrected chi connectivity index (χ2v) is 6.51. The van der Waals surface area contributed by atoms with Gasteiger partial charge in [0.15, 0.2) is 5.78 Å². The Balaban J connectivity index is 0.00000280. The van der Waals surface area contributed by atoms with Gasteiger partial charge in [0.1, 0.15) is 0 Å². The van der Waals surface area contributed by atoms with Gasteiger partial charge in [0, 0.05) is 42.1 Å². The van der Waals surface area contributed by atoms with Crippen molar-refractivity contribution in [3.63, 3.8) is 0 Å². The normalized spacial score (nSPS) is 10.1. The summed E-state index contributed by atoms with van der Waals surface area (Å²) < 4.78 is 0. The van der Waals surface area contributed by atoms with E-state index in [-0.39, 0.29) is 18.2 Å². The van der Waals surface area contributed by atoms with Crippen LogP contribution in [0.1, 0.15) is 29.8 Å². The molecule has 0 saturated carbocycles. The number of nitrogens with one attached hydrogen (secondary N) is 1. The van der Waals surface area contributed by atoms with Crippen LogP contribution < -0.4 is 10.2 Å². The third-order valence-electron chi connectivity index (χ3n) is 4.70. The summed E-state index contributed by atoms with van der Waals surface area (Å²) in [5, 5.41) is 3.41. The number of ketones is 1. The monoisotopic (exact) mass is 394 g/mol. The van der Waals surface area contributed by atoms with Crippen LogP contribution in [0.3, 0.4) is 0 Å². The number of halogens is 1. The van der Waals surface area contributed by atoms with E-state index in [0.717, 1.165) is 35.6 Å². The van der Waals surface area contributed by atoms with Crippen LogP contribution in [0.25, 0.3) is 0 Å². The Hall–Kier alpha value is -2.78. The van der Waals surface area contributed by atoms with Crippen molar-refractivity contribution >= 4 is 35.3 Å². The lowest BCUT2D eigenvalue weighted by Crippen LogP contribution is -2.21. The predicted octanol–water partition coefficient (Wildman–Crippen LogP) is 6.12. The van der Waals surface area contributed by atoms with Crippen molar-refractivity contribution in [1.29, 1.82) is 0 Å². The third kappa shape index (κ3) is 5.61. The SMILES string of the molecule is CCN(CC)c1ccc(Nc2ccc(CC(=O)c3ccccc3)cc2)cc1.Cl. The molecular formula is C24H27ClN2O. The molecule has 0 aliphatic carbocycles. The largest absolute Gasteiger partial charge is 0.372 e. The summed E-state index contributed by atoms with van der Waals surface area (Å²) in [5.41, 5.74) is 5.08. The van der Waals surface area contributed by atoms with Crippen LogP contribution in [0.2, 0.25) is 0 Å². The van der Waals surface area contributed by atoms with Gasteiger partial charge >= 0.3 is 0 Å². The second kappa shape index (κ2) is 10.5. The molecule has 0 bridgehead atoms. The molecular weight excluding hydrogens is 368 g/mol. The maximum atomic E-state index is 12.3. The number of Topliss-reactive ketones (excluding diaryl/α,β-unsaturated/α-hetero) is 1. The molecule has 0 amide bonds. The van der Waals surface area contributed by atoms with Crippen molar-refractivity contribution < 1.29 is 4.79 Å². The van der Waals surface area contributed by atoms with Crippen LogP contribution in [0.15, 0.2) is 78.9 Å². The Morgan fingerprint density at radius 3 is 1.86 bits per heavy atom. The Bertz CT molecular complexity index is 857. The molecule has 1 N–H and O–H groups in total. The maximum absolute atomic E-state index is 12.3. The lowest BCUT2D eigenvalue weighted by molar-refractivity contribution is 0.0993. The quantitative estimate of drug-likeness (QED) is 0.467. The zero-order chi connectivity index (χ0) is 19.1. The lowest BCUT2D eigenvalue weighted by atomic mass is 10.0. The minimum absolute atomic E-state index is 0. The highest BCUT2D eigenvalue weighted by atomic mass is 35.5. The molecule has 3 rings (SSSR count). The first-order valence-corrected chi connectivity index (χ1v) is 9.48. The van der Waals surface area contributed by atoms with Crippen molar-refractivity contribution in [1.82, 2.24) is 0 Å². The molecule has 28 heavy (non-hydrogen) atoms. The van der Waals surface area contributed by atoms with E-state index in [1.807, 2.05) is 54.6 Å². The number of hydrogen-bond donors (Lipinski definition) is 1. The van der Waals surface area contributed by atoms with Gasteiger partial charge in [0.2, 0.25) is 0 Å². The zero-order valence-corrected chi connectivity index (χ0v) is 17.2. The van der Waals surface area contributed by atoms with E-state index < -0.39 is 0 Å². The minimum atomic E-state index is 0. The van der Waals surface area contributed by atoms with Crippen molar-refractivity contribution in [2.45, 2.75) is 20.3 Å². The van der Waals surface area contributed by atoms with Crippen molar-refractivity contribution in [2.24, 2.45) is 0 Å². The number of benzene rings is 3. The number of hydrogen-bond acceptors (Lipinski definition) is 3. The van der Waals surface area contributed by atoms with Crippen molar-refractivity contribution in [3.8, 4) is 0 Å². The average molecular weight is 395 g/mol. The van der Waals surface area contributed by atoms with Gasteiger partial charge in [0.25, 0.3) is 0 Å². The summed E-state index contributed by atoms with van der Waals surface area (Å²) >= 11 is 0. The van der Waals surface area contributed by atoms with Crippen LogP contribution in [0.5, 0.6) is 0 Å². The van der Waals surface area contributed by atoms with Crippen molar-refractivity contribution in [2.75, 3.05) is 23.3 Å². The number of carbonyl (C=O) groups is 1. The van der Waals surface area contributed by atoms with Crippen LogP contribution in [-0.2, 0) is 6.42 Å². The average Bonchev–Trinajstić information content (AvgIpc) is 2.72. The molecule has 3 nitrogen and oxygen atoms in total. The molecule has 0 atom stereocenters. The molecule has 0 aliphatic heterocycles. The van der Waals surface area contributed by atoms with Crippen LogP contribution in [0.4, 0.5) is 17.1 Å². The zero-order valence-electron chi connectivity index (χ0n) is 16.4. The Morgan fingerprint density at radius 1 is 0.786 bits per heavy atom. The fourth-order valence-electron chi connectivity index (χ4n) is 3.13. The van der Waals surface area contributed by atoms with Gasteiger partial charge in [-0.1, -0.05) is 42.5 Å². The molecule has 0 radical (unpaired) electrons. The van der Waals surface area contributed by atoms with E-state index in [1.54, 1.807) is 0 Å². The van der Waals surface area contributed by atoms with Gasteiger partial charge < -0.3 is 10.2 Å². The summed E-state index contributed by atoms with van der Waals surface area (Å²) in [4.78, 5) is 14.6. The Kier molecular flexibility index (Phi) is 8.09. The highest BCUT2D eigenvalue weighted by molar-refractivity contribution is 5.97. The topological polar surface area (TPSA) is 32.3 Å². The highest BCUT2D eigenvalue weighted by Crippen LogP contribution is 2.22. The molecule has 0 heterocycles.